The Kier molecular flexibility index (Phi) is 9.74. The number of hydrogen-bond donors (Lipinski definition) is 3. The second-order valence-corrected chi connectivity index (χ2v) is 7.70. The molecule has 0 aliphatic carbocycles. The highest BCUT2D eigenvalue weighted by Crippen LogP contribution is 2.23. The number of carbonyl (C=O) groups excluding carboxylic acids is 2. The van der Waals surface area contributed by atoms with Crippen LogP contribution in [0.3, 0.4) is 0 Å². The fourth-order valence-electron chi connectivity index (χ4n) is 3.10. The molecule has 1 aliphatic rings. The second kappa shape index (κ2) is 11.2. The van der Waals surface area contributed by atoms with Gasteiger partial charge in [0.2, 0.25) is 0 Å². The standard InChI is InChI=1S/C21H34O6/c1-5-14(3)20(25)16(12-22)8-6-7-13(2)9-10-17(23)19-18(24)11-15(4)27-21(19)26/h6,8,13-16,20,22-23,25H,5,7,9-12H2,1-4H3/b8-6+,19-17+/t13-,14-,15+,16-,20+/m0/s1. The van der Waals surface area contributed by atoms with E-state index in [2.05, 4.69) is 0 Å². The highest BCUT2D eigenvalue weighted by atomic mass is 16.5. The fourth-order valence-corrected chi connectivity index (χ4v) is 3.10. The SMILES string of the molecule is CC[C@H](C)[C@@H](O)[C@@H](/C=C/C[C@H](C)CC/C(O)=C1/C(=O)C[C@@H](C)OC1=O)CO. The molecule has 6 nitrogen and oxygen atoms in total. The summed E-state index contributed by atoms with van der Waals surface area (Å²) in [5.41, 5.74) is -0.215. The Labute approximate surface area is 161 Å². The van der Waals surface area contributed by atoms with Crippen LogP contribution >= 0.6 is 0 Å². The Morgan fingerprint density at radius 3 is 2.56 bits per heavy atom. The number of esters is 1. The van der Waals surface area contributed by atoms with Gasteiger partial charge in [0.05, 0.1) is 12.7 Å². The first-order chi connectivity index (χ1) is 12.7. The highest BCUT2D eigenvalue weighted by molar-refractivity contribution is 6.19. The number of cyclic esters (lactones) is 1. The summed E-state index contributed by atoms with van der Waals surface area (Å²) in [7, 11) is 0. The zero-order valence-electron chi connectivity index (χ0n) is 16.9. The fraction of sp³-hybridized carbons (Fsp3) is 0.714. The third-order valence-corrected chi connectivity index (χ3v) is 5.22. The third kappa shape index (κ3) is 7.11. The maximum atomic E-state index is 11.9. The molecule has 154 valence electrons. The summed E-state index contributed by atoms with van der Waals surface area (Å²) in [6.07, 6.45) is 5.24. The van der Waals surface area contributed by atoms with Gasteiger partial charge in [-0.3, -0.25) is 4.79 Å². The van der Waals surface area contributed by atoms with Crippen molar-refractivity contribution in [3.8, 4) is 0 Å². The van der Waals surface area contributed by atoms with Gasteiger partial charge in [0.1, 0.15) is 17.4 Å². The average molecular weight is 382 g/mol. The van der Waals surface area contributed by atoms with Crippen molar-refractivity contribution >= 4 is 11.8 Å². The summed E-state index contributed by atoms with van der Waals surface area (Å²) in [5.74, 6) is -1.28. The summed E-state index contributed by atoms with van der Waals surface area (Å²) in [6.45, 7) is 7.51. The Bertz CT molecular complexity index is 545. The first kappa shape index (κ1) is 23.4. The zero-order valence-corrected chi connectivity index (χ0v) is 16.9. The van der Waals surface area contributed by atoms with Crippen LogP contribution in [0.2, 0.25) is 0 Å². The molecule has 1 saturated heterocycles. The predicted octanol–water partition coefficient (Wildman–Crippen LogP) is 3.08. The Balaban J connectivity index is 2.55. The van der Waals surface area contributed by atoms with Gasteiger partial charge < -0.3 is 20.1 Å². The van der Waals surface area contributed by atoms with E-state index in [9.17, 15) is 24.9 Å². The van der Waals surface area contributed by atoms with E-state index in [1.165, 1.54) is 0 Å². The lowest BCUT2D eigenvalue weighted by Gasteiger charge is -2.23. The van der Waals surface area contributed by atoms with Gasteiger partial charge in [-0.1, -0.05) is 39.3 Å². The van der Waals surface area contributed by atoms with Crippen molar-refractivity contribution < 1.29 is 29.6 Å². The van der Waals surface area contributed by atoms with Crippen LogP contribution in [0.1, 0.15) is 59.8 Å². The lowest BCUT2D eigenvalue weighted by molar-refractivity contribution is -0.150. The molecule has 0 unspecified atom stereocenters. The second-order valence-electron chi connectivity index (χ2n) is 7.70. The lowest BCUT2D eigenvalue weighted by atomic mass is 9.89. The molecule has 3 N–H and O–H groups in total. The summed E-state index contributed by atoms with van der Waals surface area (Å²) in [6, 6.07) is 0. The highest BCUT2D eigenvalue weighted by Gasteiger charge is 2.32. The number of aliphatic hydroxyl groups is 3. The number of aliphatic hydroxyl groups excluding tert-OH is 3. The molecule has 0 amide bonds. The van der Waals surface area contributed by atoms with Crippen LogP contribution in [0.5, 0.6) is 0 Å². The Morgan fingerprint density at radius 2 is 2.00 bits per heavy atom. The minimum atomic E-state index is -0.742. The maximum absolute atomic E-state index is 11.9. The van der Waals surface area contributed by atoms with Crippen LogP contribution in [0.25, 0.3) is 0 Å². The minimum absolute atomic E-state index is 0.102. The van der Waals surface area contributed by atoms with Crippen molar-refractivity contribution in [3.63, 3.8) is 0 Å². The molecule has 27 heavy (non-hydrogen) atoms. The van der Waals surface area contributed by atoms with Gasteiger partial charge in [0.25, 0.3) is 0 Å². The number of ketones is 1. The van der Waals surface area contributed by atoms with E-state index in [1.54, 1.807) is 6.92 Å². The number of rotatable bonds is 10. The normalized spacial score (nSPS) is 24.4. The van der Waals surface area contributed by atoms with E-state index in [4.69, 9.17) is 4.74 Å². The molecule has 0 spiro atoms. The summed E-state index contributed by atoms with van der Waals surface area (Å²) >= 11 is 0. The molecule has 0 bridgehead atoms. The molecule has 1 aliphatic heterocycles. The van der Waals surface area contributed by atoms with Crippen molar-refractivity contribution in [1.29, 1.82) is 0 Å². The van der Waals surface area contributed by atoms with Crippen molar-refractivity contribution in [2.24, 2.45) is 17.8 Å². The van der Waals surface area contributed by atoms with Crippen molar-refractivity contribution in [2.45, 2.75) is 72.0 Å². The molecular formula is C21H34O6. The number of ether oxygens (including phenoxy) is 1. The largest absolute Gasteiger partial charge is 0.511 e. The topological polar surface area (TPSA) is 104 Å². The zero-order chi connectivity index (χ0) is 20.6. The predicted molar refractivity (Wildman–Crippen MR) is 103 cm³/mol. The van der Waals surface area contributed by atoms with Crippen molar-refractivity contribution in [2.75, 3.05) is 6.61 Å². The van der Waals surface area contributed by atoms with E-state index >= 15 is 0 Å². The summed E-state index contributed by atoms with van der Waals surface area (Å²) < 4.78 is 5.02. The van der Waals surface area contributed by atoms with Crippen LogP contribution < -0.4 is 0 Å². The Morgan fingerprint density at radius 1 is 1.33 bits per heavy atom. The van der Waals surface area contributed by atoms with Gasteiger partial charge in [-0.25, -0.2) is 4.79 Å². The lowest BCUT2D eigenvalue weighted by Crippen LogP contribution is -2.31. The minimum Gasteiger partial charge on any atom is -0.511 e. The van der Waals surface area contributed by atoms with Crippen LogP contribution in [-0.2, 0) is 14.3 Å². The van der Waals surface area contributed by atoms with Crippen molar-refractivity contribution in [1.82, 2.24) is 0 Å². The number of carbonyl (C=O) groups is 2. The summed E-state index contributed by atoms with van der Waals surface area (Å²) in [4.78, 5) is 23.8. The van der Waals surface area contributed by atoms with E-state index in [0.29, 0.717) is 12.8 Å². The first-order valence-corrected chi connectivity index (χ1v) is 9.83. The molecular weight excluding hydrogens is 348 g/mol. The molecule has 0 saturated carbocycles. The van der Waals surface area contributed by atoms with E-state index < -0.39 is 18.2 Å². The van der Waals surface area contributed by atoms with Gasteiger partial charge in [-0.15, -0.1) is 0 Å². The molecule has 1 rings (SSSR count). The van der Waals surface area contributed by atoms with Crippen LogP contribution in [0, 0.1) is 17.8 Å². The molecule has 6 heteroatoms. The van der Waals surface area contributed by atoms with E-state index in [1.807, 2.05) is 32.9 Å². The Hall–Kier alpha value is -1.66. The van der Waals surface area contributed by atoms with E-state index in [-0.39, 0.29) is 54.3 Å². The quantitative estimate of drug-likeness (QED) is 0.176. The average Bonchev–Trinajstić information content (AvgIpc) is 2.61. The third-order valence-electron chi connectivity index (χ3n) is 5.22. The molecule has 1 fully saturated rings. The number of Topliss-reactive ketones (excluding diaryl/α,β-unsaturated/α-hetero) is 1. The van der Waals surface area contributed by atoms with Crippen LogP contribution in [0.15, 0.2) is 23.5 Å². The van der Waals surface area contributed by atoms with Gasteiger partial charge in [-0.05, 0) is 31.6 Å². The van der Waals surface area contributed by atoms with Crippen LogP contribution in [0.4, 0.5) is 0 Å². The molecule has 5 atom stereocenters. The van der Waals surface area contributed by atoms with Gasteiger partial charge in [0, 0.05) is 18.8 Å². The number of allylic oxidation sites excluding steroid dienone is 2. The molecule has 0 aromatic heterocycles. The molecule has 1 heterocycles. The smallest absolute Gasteiger partial charge is 0.345 e. The first-order valence-electron chi connectivity index (χ1n) is 9.83. The van der Waals surface area contributed by atoms with Crippen LogP contribution in [-0.4, -0.2) is 45.9 Å². The van der Waals surface area contributed by atoms with Gasteiger partial charge in [0.15, 0.2) is 5.78 Å². The maximum Gasteiger partial charge on any atom is 0.345 e. The van der Waals surface area contributed by atoms with Gasteiger partial charge >= 0.3 is 5.97 Å². The summed E-state index contributed by atoms with van der Waals surface area (Å²) in [5, 5.41) is 29.8. The molecule has 0 radical (unpaired) electrons. The monoisotopic (exact) mass is 382 g/mol. The van der Waals surface area contributed by atoms with E-state index in [0.717, 1.165) is 6.42 Å². The molecule has 0 aromatic carbocycles. The van der Waals surface area contributed by atoms with Crippen molar-refractivity contribution in [3.05, 3.63) is 23.5 Å². The molecule has 0 aromatic rings. The van der Waals surface area contributed by atoms with Gasteiger partial charge in [-0.2, -0.15) is 0 Å². The number of hydrogen-bond acceptors (Lipinski definition) is 6.